The van der Waals surface area contributed by atoms with E-state index in [0.29, 0.717) is 5.69 Å². The van der Waals surface area contributed by atoms with Gasteiger partial charge in [0.05, 0.1) is 10.7 Å². The molecule has 1 N–H and O–H groups in total. The number of rotatable bonds is 2. The van der Waals surface area contributed by atoms with Gasteiger partial charge >= 0.3 is 5.97 Å². The third-order valence-electron chi connectivity index (χ3n) is 2.89. The maximum atomic E-state index is 11.1. The Morgan fingerprint density at radius 3 is 2.28 bits per heavy atom. The molecule has 0 unspecified atom stereocenters. The van der Waals surface area contributed by atoms with Gasteiger partial charge < -0.3 is 10.0 Å². The molecule has 7 heteroatoms. The molecule has 1 aromatic heterocycles. The minimum absolute atomic E-state index is 0.0287. The minimum atomic E-state index is -1.21. The Morgan fingerprint density at radius 1 is 1.11 bits per heavy atom. The summed E-state index contributed by atoms with van der Waals surface area (Å²) >= 11 is 18.0. The number of carboxylic acids is 1. The third kappa shape index (κ3) is 2.51. The highest BCUT2D eigenvalue weighted by Crippen LogP contribution is 2.40. The average molecular weight is 310 g/mol. The lowest BCUT2D eigenvalue weighted by Gasteiger charge is -2.30. The van der Waals surface area contributed by atoms with Crippen LogP contribution in [0.1, 0.15) is 29.8 Å². The second-order valence-corrected chi connectivity index (χ2v) is 5.19. The van der Waals surface area contributed by atoms with Gasteiger partial charge in [-0.05, 0) is 19.3 Å². The molecule has 2 heterocycles. The van der Waals surface area contributed by atoms with Crippen LogP contribution in [0.25, 0.3) is 0 Å². The molecule has 0 atom stereocenters. The number of carbonyl (C=O) groups is 1. The third-order valence-corrected chi connectivity index (χ3v) is 3.98. The molecular formula is C11H11Cl3N2O2. The SMILES string of the molecule is O=C(O)c1nc(Cl)c(Cl)c(N2CCCCC2)c1Cl. The highest BCUT2D eigenvalue weighted by molar-refractivity contribution is 6.46. The van der Waals surface area contributed by atoms with Crippen molar-refractivity contribution in [3.8, 4) is 0 Å². The van der Waals surface area contributed by atoms with Gasteiger partial charge in [-0.1, -0.05) is 34.8 Å². The van der Waals surface area contributed by atoms with E-state index in [0.717, 1.165) is 32.4 Å². The van der Waals surface area contributed by atoms with Gasteiger partial charge in [-0.15, -0.1) is 0 Å². The monoisotopic (exact) mass is 308 g/mol. The highest BCUT2D eigenvalue weighted by atomic mass is 35.5. The van der Waals surface area contributed by atoms with Gasteiger partial charge in [0.2, 0.25) is 0 Å². The Kier molecular flexibility index (Phi) is 4.20. The molecule has 98 valence electrons. The molecule has 4 nitrogen and oxygen atoms in total. The molecule has 0 saturated carbocycles. The zero-order valence-corrected chi connectivity index (χ0v) is 11.7. The maximum absolute atomic E-state index is 11.1. The van der Waals surface area contributed by atoms with Crippen molar-refractivity contribution in [2.45, 2.75) is 19.3 Å². The van der Waals surface area contributed by atoms with Crippen LogP contribution in [0.3, 0.4) is 0 Å². The fourth-order valence-electron chi connectivity index (χ4n) is 2.04. The Bertz CT molecular complexity index is 488. The summed E-state index contributed by atoms with van der Waals surface area (Å²) in [6.07, 6.45) is 3.19. The van der Waals surface area contributed by atoms with E-state index in [1.807, 2.05) is 4.90 Å². The van der Waals surface area contributed by atoms with Crippen LogP contribution in [0.15, 0.2) is 0 Å². The normalized spacial score (nSPS) is 15.8. The number of nitrogens with zero attached hydrogens (tertiary/aromatic N) is 2. The number of hydrogen-bond acceptors (Lipinski definition) is 3. The zero-order chi connectivity index (χ0) is 13.3. The number of aromatic carboxylic acids is 1. The van der Waals surface area contributed by atoms with Crippen molar-refractivity contribution in [1.29, 1.82) is 0 Å². The molecule has 1 aromatic rings. The quantitative estimate of drug-likeness (QED) is 0.846. The van der Waals surface area contributed by atoms with E-state index in [2.05, 4.69) is 4.98 Å². The topological polar surface area (TPSA) is 53.4 Å². The van der Waals surface area contributed by atoms with E-state index >= 15 is 0 Å². The van der Waals surface area contributed by atoms with Gasteiger partial charge in [0.15, 0.2) is 10.8 Å². The first kappa shape index (κ1) is 13.7. The molecule has 1 fully saturated rings. The number of piperidine rings is 1. The van der Waals surface area contributed by atoms with Crippen molar-refractivity contribution in [3.05, 3.63) is 20.9 Å². The van der Waals surface area contributed by atoms with E-state index in [4.69, 9.17) is 39.9 Å². The Morgan fingerprint density at radius 2 is 1.72 bits per heavy atom. The predicted molar refractivity (Wildman–Crippen MR) is 72.3 cm³/mol. The molecular weight excluding hydrogens is 298 g/mol. The molecule has 0 amide bonds. The smallest absolute Gasteiger partial charge is 0.356 e. The van der Waals surface area contributed by atoms with Gasteiger partial charge in [-0.25, -0.2) is 9.78 Å². The fourth-order valence-corrected chi connectivity index (χ4v) is 2.86. The Labute approximate surface area is 119 Å². The molecule has 1 aliphatic heterocycles. The van der Waals surface area contributed by atoms with Crippen LogP contribution in [0.5, 0.6) is 0 Å². The van der Waals surface area contributed by atoms with E-state index < -0.39 is 5.97 Å². The zero-order valence-electron chi connectivity index (χ0n) is 9.42. The lowest BCUT2D eigenvalue weighted by Crippen LogP contribution is -2.30. The lowest BCUT2D eigenvalue weighted by atomic mass is 10.1. The van der Waals surface area contributed by atoms with Crippen LogP contribution >= 0.6 is 34.8 Å². The Hall–Kier alpha value is -0.710. The summed E-state index contributed by atoms with van der Waals surface area (Å²) in [6.45, 7) is 1.58. The first-order valence-electron chi connectivity index (χ1n) is 5.55. The lowest BCUT2D eigenvalue weighted by molar-refractivity contribution is 0.0691. The summed E-state index contributed by atoms with van der Waals surface area (Å²) in [4.78, 5) is 16.7. The summed E-state index contributed by atoms with van der Waals surface area (Å²) in [5.41, 5.74) is 0.224. The van der Waals surface area contributed by atoms with Crippen molar-refractivity contribution >= 4 is 46.5 Å². The van der Waals surface area contributed by atoms with Crippen molar-refractivity contribution in [2.75, 3.05) is 18.0 Å². The van der Waals surface area contributed by atoms with Crippen LogP contribution in [0.2, 0.25) is 15.2 Å². The van der Waals surface area contributed by atoms with Crippen LogP contribution < -0.4 is 4.90 Å². The number of halogens is 3. The molecule has 0 aliphatic carbocycles. The summed E-state index contributed by atoms with van der Waals surface area (Å²) in [7, 11) is 0. The summed E-state index contributed by atoms with van der Waals surface area (Å²) in [6, 6.07) is 0. The molecule has 0 radical (unpaired) electrons. The number of carboxylic acid groups (broad SMARTS) is 1. The van der Waals surface area contributed by atoms with Crippen molar-refractivity contribution in [1.82, 2.24) is 4.98 Å². The van der Waals surface area contributed by atoms with Crippen molar-refractivity contribution < 1.29 is 9.90 Å². The van der Waals surface area contributed by atoms with Crippen LogP contribution in [0, 0.1) is 0 Å². The second kappa shape index (κ2) is 5.51. The summed E-state index contributed by atoms with van der Waals surface area (Å²) in [5.74, 6) is -1.21. The summed E-state index contributed by atoms with van der Waals surface area (Å²) in [5, 5.41) is 9.28. The standard InChI is InChI=1S/C11H11Cl3N2O2/c12-6-8(11(17)18)15-10(14)7(13)9(6)16-4-2-1-3-5-16/h1-5H2,(H,17,18). The molecule has 2 rings (SSSR count). The second-order valence-electron chi connectivity index (χ2n) is 4.08. The van der Waals surface area contributed by atoms with Gasteiger partial charge in [-0.3, -0.25) is 0 Å². The van der Waals surface area contributed by atoms with E-state index in [1.54, 1.807) is 0 Å². The average Bonchev–Trinajstić information content (AvgIpc) is 2.35. The van der Waals surface area contributed by atoms with Gasteiger partial charge in [-0.2, -0.15) is 0 Å². The number of aromatic nitrogens is 1. The van der Waals surface area contributed by atoms with Gasteiger partial charge in [0.25, 0.3) is 0 Å². The molecule has 18 heavy (non-hydrogen) atoms. The van der Waals surface area contributed by atoms with Crippen LogP contribution in [-0.4, -0.2) is 29.1 Å². The van der Waals surface area contributed by atoms with Crippen LogP contribution in [-0.2, 0) is 0 Å². The van der Waals surface area contributed by atoms with Gasteiger partial charge in [0, 0.05) is 13.1 Å². The maximum Gasteiger partial charge on any atom is 0.356 e. The number of pyridine rings is 1. The fraction of sp³-hybridized carbons (Fsp3) is 0.455. The first-order chi connectivity index (χ1) is 8.52. The van der Waals surface area contributed by atoms with E-state index in [9.17, 15) is 4.79 Å². The molecule has 0 aromatic carbocycles. The molecule has 1 aliphatic rings. The van der Waals surface area contributed by atoms with E-state index in [-0.39, 0.29) is 20.9 Å². The van der Waals surface area contributed by atoms with Gasteiger partial charge in [0.1, 0.15) is 5.02 Å². The Balaban J connectivity index is 2.53. The molecule has 0 bridgehead atoms. The molecule has 0 spiro atoms. The summed E-state index contributed by atoms with van der Waals surface area (Å²) < 4.78 is 0. The van der Waals surface area contributed by atoms with Crippen molar-refractivity contribution in [3.63, 3.8) is 0 Å². The molecule has 1 saturated heterocycles. The largest absolute Gasteiger partial charge is 0.476 e. The van der Waals surface area contributed by atoms with Crippen LogP contribution in [0.4, 0.5) is 5.69 Å². The minimum Gasteiger partial charge on any atom is -0.476 e. The van der Waals surface area contributed by atoms with Crippen molar-refractivity contribution in [2.24, 2.45) is 0 Å². The number of hydrogen-bond donors (Lipinski definition) is 1. The van der Waals surface area contributed by atoms with E-state index in [1.165, 1.54) is 0 Å². The number of anilines is 1. The highest BCUT2D eigenvalue weighted by Gasteiger charge is 2.25. The predicted octanol–water partition coefficient (Wildman–Crippen LogP) is 3.73. The first-order valence-corrected chi connectivity index (χ1v) is 6.68.